The van der Waals surface area contributed by atoms with Crippen LogP contribution >= 0.6 is 15.9 Å². The first-order chi connectivity index (χ1) is 6.29. The predicted molar refractivity (Wildman–Crippen MR) is 51.3 cm³/mol. The summed E-state index contributed by atoms with van der Waals surface area (Å²) in [7, 11) is 0. The van der Waals surface area contributed by atoms with Crippen LogP contribution in [0.2, 0.25) is 0 Å². The number of rotatable bonds is 1. The summed E-state index contributed by atoms with van der Waals surface area (Å²) in [5, 5.41) is 0. The average molecular weight is 240 g/mol. The summed E-state index contributed by atoms with van der Waals surface area (Å²) in [6.45, 7) is 0. The largest absolute Gasteiger partial charge is 0.383 e. The number of nitrogen functional groups attached to an aromatic ring is 1. The van der Waals surface area contributed by atoms with E-state index >= 15 is 0 Å². The van der Waals surface area contributed by atoms with Gasteiger partial charge in [0, 0.05) is 12.4 Å². The fourth-order valence-corrected chi connectivity index (χ4v) is 1.35. The maximum atomic E-state index is 5.59. The maximum absolute atomic E-state index is 5.59. The summed E-state index contributed by atoms with van der Waals surface area (Å²) in [5.41, 5.74) is 5.59. The van der Waals surface area contributed by atoms with Crippen LogP contribution in [0.3, 0.4) is 0 Å². The number of anilines is 1. The van der Waals surface area contributed by atoms with Crippen molar-refractivity contribution in [2.75, 3.05) is 5.73 Å². The van der Waals surface area contributed by atoms with Crippen molar-refractivity contribution in [3.63, 3.8) is 0 Å². The minimum atomic E-state index is 0.415. The fourth-order valence-electron chi connectivity index (χ4n) is 0.938. The molecule has 66 valence electrons. The van der Waals surface area contributed by atoms with Gasteiger partial charge in [0.2, 0.25) is 0 Å². The molecule has 5 nitrogen and oxygen atoms in total. The molecular weight excluding hydrogens is 234 g/mol. The van der Waals surface area contributed by atoms with Crippen molar-refractivity contribution in [3.05, 3.63) is 29.5 Å². The highest BCUT2D eigenvalue weighted by Crippen LogP contribution is 2.22. The van der Waals surface area contributed by atoms with Crippen LogP contribution in [0.4, 0.5) is 5.82 Å². The molecule has 2 rings (SSSR count). The van der Waals surface area contributed by atoms with Crippen LogP contribution in [0.15, 0.2) is 29.5 Å². The SMILES string of the molecule is Nc1ncnc(-n2ccnc2)c1Br. The van der Waals surface area contributed by atoms with E-state index in [2.05, 4.69) is 30.9 Å². The molecule has 0 aromatic carbocycles. The Hall–Kier alpha value is -1.43. The van der Waals surface area contributed by atoms with Crippen molar-refractivity contribution in [3.8, 4) is 5.82 Å². The molecule has 0 atom stereocenters. The van der Waals surface area contributed by atoms with Gasteiger partial charge < -0.3 is 5.73 Å². The summed E-state index contributed by atoms with van der Waals surface area (Å²) >= 11 is 3.30. The van der Waals surface area contributed by atoms with E-state index in [0.29, 0.717) is 16.1 Å². The minimum absolute atomic E-state index is 0.415. The zero-order valence-electron chi connectivity index (χ0n) is 6.55. The summed E-state index contributed by atoms with van der Waals surface area (Å²) in [4.78, 5) is 11.8. The second-order valence-electron chi connectivity index (χ2n) is 2.37. The zero-order chi connectivity index (χ0) is 9.26. The summed E-state index contributed by atoms with van der Waals surface area (Å²) in [6, 6.07) is 0. The number of nitrogens with two attached hydrogens (primary N) is 1. The molecule has 2 aromatic heterocycles. The van der Waals surface area contributed by atoms with Gasteiger partial charge in [0.15, 0.2) is 5.82 Å². The number of imidazole rings is 1. The van der Waals surface area contributed by atoms with Gasteiger partial charge in [0.05, 0.1) is 0 Å². The molecule has 2 N–H and O–H groups in total. The quantitative estimate of drug-likeness (QED) is 0.807. The Morgan fingerprint density at radius 2 is 2.23 bits per heavy atom. The van der Waals surface area contributed by atoms with Gasteiger partial charge in [0.25, 0.3) is 0 Å². The van der Waals surface area contributed by atoms with Gasteiger partial charge in [-0.3, -0.25) is 4.57 Å². The standard InChI is InChI=1S/C7H6BrN5/c8-5-6(9)11-3-12-7(5)13-2-1-10-4-13/h1-4H,(H2,9,11,12). The highest BCUT2D eigenvalue weighted by Gasteiger charge is 2.06. The van der Waals surface area contributed by atoms with Crippen LogP contribution in [-0.4, -0.2) is 19.5 Å². The van der Waals surface area contributed by atoms with Crippen molar-refractivity contribution in [2.24, 2.45) is 0 Å². The topological polar surface area (TPSA) is 69.6 Å². The molecule has 0 aliphatic rings. The molecule has 0 fully saturated rings. The van der Waals surface area contributed by atoms with Crippen LogP contribution in [0, 0.1) is 0 Å². The van der Waals surface area contributed by atoms with Gasteiger partial charge in [-0.15, -0.1) is 0 Å². The number of hydrogen-bond acceptors (Lipinski definition) is 4. The summed E-state index contributed by atoms with van der Waals surface area (Å²) in [5.74, 6) is 1.10. The number of hydrogen-bond donors (Lipinski definition) is 1. The van der Waals surface area contributed by atoms with Crippen molar-refractivity contribution in [1.29, 1.82) is 0 Å². The third-order valence-electron chi connectivity index (χ3n) is 1.55. The van der Waals surface area contributed by atoms with E-state index in [0.717, 1.165) is 0 Å². The minimum Gasteiger partial charge on any atom is -0.383 e. The first-order valence-electron chi connectivity index (χ1n) is 3.53. The van der Waals surface area contributed by atoms with Gasteiger partial charge in [-0.2, -0.15) is 0 Å². The zero-order valence-corrected chi connectivity index (χ0v) is 8.14. The normalized spacial score (nSPS) is 10.2. The van der Waals surface area contributed by atoms with Gasteiger partial charge >= 0.3 is 0 Å². The van der Waals surface area contributed by atoms with Crippen LogP contribution < -0.4 is 5.73 Å². The maximum Gasteiger partial charge on any atom is 0.157 e. The third kappa shape index (κ3) is 1.40. The van der Waals surface area contributed by atoms with E-state index in [1.54, 1.807) is 23.3 Å². The first kappa shape index (κ1) is 8.18. The molecule has 0 unspecified atom stereocenters. The first-order valence-corrected chi connectivity index (χ1v) is 4.32. The molecule has 0 spiro atoms. The van der Waals surface area contributed by atoms with E-state index in [1.807, 2.05) is 0 Å². The van der Waals surface area contributed by atoms with Crippen LogP contribution in [0.5, 0.6) is 0 Å². The molecule has 0 aliphatic heterocycles. The van der Waals surface area contributed by atoms with E-state index in [4.69, 9.17) is 5.73 Å². The van der Waals surface area contributed by atoms with Gasteiger partial charge in [-0.1, -0.05) is 0 Å². The van der Waals surface area contributed by atoms with Crippen molar-refractivity contribution in [2.45, 2.75) is 0 Å². The highest BCUT2D eigenvalue weighted by atomic mass is 79.9. The molecule has 0 amide bonds. The van der Waals surface area contributed by atoms with Gasteiger partial charge in [-0.05, 0) is 15.9 Å². The van der Waals surface area contributed by atoms with E-state index in [-0.39, 0.29) is 0 Å². The highest BCUT2D eigenvalue weighted by molar-refractivity contribution is 9.10. The predicted octanol–water partition coefficient (Wildman–Crippen LogP) is 1.01. The molecule has 6 heteroatoms. The average Bonchev–Trinajstić information content (AvgIpc) is 2.62. The van der Waals surface area contributed by atoms with E-state index in [9.17, 15) is 0 Å². The second-order valence-corrected chi connectivity index (χ2v) is 3.16. The van der Waals surface area contributed by atoms with Crippen molar-refractivity contribution < 1.29 is 0 Å². The smallest absolute Gasteiger partial charge is 0.157 e. The summed E-state index contributed by atoms with van der Waals surface area (Å²) < 4.78 is 2.43. The van der Waals surface area contributed by atoms with E-state index < -0.39 is 0 Å². The third-order valence-corrected chi connectivity index (χ3v) is 2.31. The molecule has 2 heterocycles. The molecule has 0 saturated heterocycles. The Labute approximate surface area is 82.8 Å². The Morgan fingerprint density at radius 1 is 1.38 bits per heavy atom. The van der Waals surface area contributed by atoms with Gasteiger partial charge in [-0.25, -0.2) is 15.0 Å². The lowest BCUT2D eigenvalue weighted by Gasteiger charge is -2.04. The second kappa shape index (κ2) is 3.14. The molecular formula is C7H6BrN5. The molecule has 0 radical (unpaired) electrons. The Balaban J connectivity index is 2.59. The number of nitrogens with zero attached hydrogens (tertiary/aromatic N) is 4. The number of halogens is 1. The molecule has 2 aromatic rings. The molecule has 0 saturated carbocycles. The van der Waals surface area contributed by atoms with Crippen LogP contribution in [-0.2, 0) is 0 Å². The van der Waals surface area contributed by atoms with E-state index in [1.165, 1.54) is 6.33 Å². The van der Waals surface area contributed by atoms with Gasteiger partial charge in [0.1, 0.15) is 22.9 Å². The Morgan fingerprint density at radius 3 is 2.92 bits per heavy atom. The lowest BCUT2D eigenvalue weighted by Crippen LogP contribution is -2.00. The molecule has 0 aliphatic carbocycles. The Bertz CT molecular complexity index is 411. The Kier molecular flexibility index (Phi) is 1.97. The van der Waals surface area contributed by atoms with Crippen molar-refractivity contribution in [1.82, 2.24) is 19.5 Å². The lowest BCUT2D eigenvalue weighted by molar-refractivity contribution is 0.964. The fraction of sp³-hybridized carbons (Fsp3) is 0. The molecule has 0 bridgehead atoms. The van der Waals surface area contributed by atoms with Crippen LogP contribution in [0.1, 0.15) is 0 Å². The van der Waals surface area contributed by atoms with Crippen molar-refractivity contribution >= 4 is 21.7 Å². The lowest BCUT2D eigenvalue weighted by atomic mass is 10.5. The molecule has 13 heavy (non-hydrogen) atoms. The number of aromatic nitrogens is 4. The van der Waals surface area contributed by atoms with Crippen LogP contribution in [0.25, 0.3) is 5.82 Å². The summed E-state index contributed by atoms with van der Waals surface area (Å²) in [6.07, 6.45) is 6.51. The monoisotopic (exact) mass is 239 g/mol.